The fraction of sp³-hybridized carbons (Fsp3) is 0. The number of halogens is 1. The zero-order valence-electron chi connectivity index (χ0n) is 4.00. The molecule has 0 aliphatic carbocycles. The average molecular weight is 171 g/mol. The van der Waals surface area contributed by atoms with E-state index >= 15 is 0 Å². The van der Waals surface area contributed by atoms with Gasteiger partial charge in [0.25, 0.3) is 0 Å². The maximum absolute atomic E-state index is 8.31. The van der Waals surface area contributed by atoms with Gasteiger partial charge in [-0.2, -0.15) is 5.26 Å². The first-order valence-corrected chi connectivity index (χ1v) is 2.79. The molecule has 0 unspecified atom stereocenters. The molecule has 0 saturated carbocycles. The second-order valence-corrected chi connectivity index (χ2v) is 2.08. The summed E-state index contributed by atoms with van der Waals surface area (Å²) in [5, 5.41) is 8.31. The monoisotopic (exact) mass is 170 g/mol. The summed E-state index contributed by atoms with van der Waals surface area (Å²) in [5.41, 5.74) is 0.616. The first-order valence-electron chi connectivity index (χ1n) is 2.08. The molecule has 8 heavy (non-hydrogen) atoms. The van der Waals surface area contributed by atoms with Crippen LogP contribution in [0.25, 0.3) is 0 Å². The highest BCUT2D eigenvalue weighted by atomic mass is 79.9. The Hall–Kier alpha value is -0.750. The van der Waals surface area contributed by atoms with Crippen LogP contribution in [0.5, 0.6) is 0 Å². The van der Waals surface area contributed by atoms with Crippen LogP contribution in [0.3, 0.4) is 0 Å². The molecule has 2 nitrogen and oxygen atoms in total. The van der Waals surface area contributed by atoms with E-state index in [0.29, 0.717) is 5.69 Å². The van der Waals surface area contributed by atoms with E-state index in [0.717, 1.165) is 0 Å². The molecule has 0 aromatic carbocycles. The molecule has 0 spiro atoms. The summed E-state index contributed by atoms with van der Waals surface area (Å²) in [4.78, 5) is 0. The van der Waals surface area contributed by atoms with Crippen LogP contribution in [0, 0.1) is 11.3 Å². The smallest absolute Gasteiger partial charge is 0.130 e. The Labute approximate surface area is 55.7 Å². The van der Waals surface area contributed by atoms with Gasteiger partial charge in [-0.3, -0.25) is 3.59 Å². The Morgan fingerprint density at radius 2 is 2.50 bits per heavy atom. The highest BCUT2D eigenvalue weighted by Gasteiger charge is 1.90. The topological polar surface area (TPSA) is 28.7 Å². The SMILES string of the molecule is N#Cc1cccn1Br. The lowest BCUT2D eigenvalue weighted by molar-refractivity contribution is 1.26. The number of nitrogens with zero attached hydrogens (tertiary/aromatic N) is 2. The van der Waals surface area contributed by atoms with Gasteiger partial charge in [-0.1, -0.05) is 0 Å². The molecule has 0 atom stereocenters. The third kappa shape index (κ3) is 0.749. The molecule has 1 rings (SSSR count). The summed E-state index contributed by atoms with van der Waals surface area (Å²) in [6.07, 6.45) is 1.76. The normalized spacial score (nSPS) is 8.50. The van der Waals surface area contributed by atoms with Gasteiger partial charge in [0.05, 0.1) is 16.1 Å². The summed E-state index contributed by atoms with van der Waals surface area (Å²) < 4.78 is 1.59. The highest BCUT2D eigenvalue weighted by Crippen LogP contribution is 2.02. The predicted octanol–water partition coefficient (Wildman–Crippen LogP) is 1.52. The van der Waals surface area contributed by atoms with Gasteiger partial charge in [0, 0.05) is 6.20 Å². The molecule has 40 valence electrons. The molecule has 0 aliphatic heterocycles. The Kier molecular flexibility index (Phi) is 1.36. The van der Waals surface area contributed by atoms with Gasteiger partial charge in [0.1, 0.15) is 11.8 Å². The summed E-state index contributed by atoms with van der Waals surface area (Å²) >= 11 is 3.12. The van der Waals surface area contributed by atoms with E-state index in [1.807, 2.05) is 6.07 Å². The predicted molar refractivity (Wildman–Crippen MR) is 33.5 cm³/mol. The van der Waals surface area contributed by atoms with Gasteiger partial charge in [0.15, 0.2) is 0 Å². The standard InChI is InChI=1S/C5H3BrN2/c6-8-3-1-2-5(8)4-7/h1-3H. The molecule has 0 N–H and O–H groups in total. The van der Waals surface area contributed by atoms with Gasteiger partial charge in [0.2, 0.25) is 0 Å². The molecule has 3 heteroatoms. The van der Waals surface area contributed by atoms with Gasteiger partial charge in [-0.25, -0.2) is 0 Å². The van der Waals surface area contributed by atoms with Crippen LogP contribution in [0.2, 0.25) is 0 Å². The second-order valence-electron chi connectivity index (χ2n) is 1.32. The Balaban J connectivity index is 3.15. The van der Waals surface area contributed by atoms with Crippen molar-refractivity contribution >= 4 is 16.1 Å². The number of hydrogen-bond acceptors (Lipinski definition) is 1. The van der Waals surface area contributed by atoms with Crippen LogP contribution in [0.4, 0.5) is 0 Å². The molecule has 1 aromatic heterocycles. The van der Waals surface area contributed by atoms with Crippen molar-refractivity contribution in [2.45, 2.75) is 0 Å². The van der Waals surface area contributed by atoms with E-state index in [1.165, 1.54) is 0 Å². The third-order valence-electron chi connectivity index (χ3n) is 0.816. The minimum atomic E-state index is 0.616. The van der Waals surface area contributed by atoms with Crippen molar-refractivity contribution < 1.29 is 0 Å². The van der Waals surface area contributed by atoms with E-state index in [-0.39, 0.29) is 0 Å². The van der Waals surface area contributed by atoms with Crippen LogP contribution in [-0.2, 0) is 0 Å². The van der Waals surface area contributed by atoms with Crippen molar-refractivity contribution in [2.75, 3.05) is 0 Å². The van der Waals surface area contributed by atoms with Crippen LogP contribution >= 0.6 is 16.1 Å². The van der Waals surface area contributed by atoms with Crippen molar-refractivity contribution in [1.29, 1.82) is 5.26 Å². The first-order chi connectivity index (χ1) is 3.84. The van der Waals surface area contributed by atoms with E-state index < -0.39 is 0 Å². The Morgan fingerprint density at radius 1 is 1.75 bits per heavy atom. The average Bonchev–Trinajstić information content (AvgIpc) is 2.14. The number of nitriles is 1. The fourth-order valence-electron chi connectivity index (χ4n) is 0.446. The lowest BCUT2D eigenvalue weighted by Crippen LogP contribution is -1.77. The minimum absolute atomic E-state index is 0.616. The zero-order valence-corrected chi connectivity index (χ0v) is 5.59. The summed E-state index contributed by atoms with van der Waals surface area (Å²) in [6, 6.07) is 5.52. The molecule has 0 fully saturated rings. The zero-order chi connectivity index (χ0) is 5.98. The largest absolute Gasteiger partial charge is 0.275 e. The molecule has 0 radical (unpaired) electrons. The number of aromatic nitrogens is 1. The minimum Gasteiger partial charge on any atom is -0.275 e. The summed E-state index contributed by atoms with van der Waals surface area (Å²) in [5.74, 6) is 0. The fourth-order valence-corrected chi connectivity index (χ4v) is 0.780. The molecule has 0 saturated heterocycles. The molecular formula is C5H3BrN2. The molecule has 0 amide bonds. The van der Waals surface area contributed by atoms with Crippen LogP contribution in [-0.4, -0.2) is 3.59 Å². The van der Waals surface area contributed by atoms with Crippen LogP contribution < -0.4 is 0 Å². The van der Waals surface area contributed by atoms with Crippen molar-refractivity contribution in [3.05, 3.63) is 24.0 Å². The van der Waals surface area contributed by atoms with E-state index in [1.54, 1.807) is 21.9 Å². The molecular weight excluding hydrogens is 168 g/mol. The maximum atomic E-state index is 8.31. The van der Waals surface area contributed by atoms with Gasteiger partial charge >= 0.3 is 0 Å². The van der Waals surface area contributed by atoms with Crippen LogP contribution in [0.1, 0.15) is 5.69 Å². The van der Waals surface area contributed by atoms with E-state index in [4.69, 9.17) is 5.26 Å². The maximum Gasteiger partial charge on any atom is 0.130 e. The lowest BCUT2D eigenvalue weighted by atomic mass is 10.5. The summed E-state index contributed by atoms with van der Waals surface area (Å²) in [7, 11) is 0. The van der Waals surface area contributed by atoms with Crippen molar-refractivity contribution in [3.8, 4) is 6.07 Å². The van der Waals surface area contributed by atoms with Gasteiger partial charge < -0.3 is 0 Å². The molecule has 0 bridgehead atoms. The van der Waals surface area contributed by atoms with Crippen molar-refractivity contribution in [2.24, 2.45) is 0 Å². The number of rotatable bonds is 0. The Morgan fingerprint density at radius 3 is 2.75 bits per heavy atom. The van der Waals surface area contributed by atoms with E-state index in [2.05, 4.69) is 16.1 Å². The van der Waals surface area contributed by atoms with Crippen molar-refractivity contribution in [1.82, 2.24) is 3.59 Å². The Bertz CT molecular complexity index is 221. The third-order valence-corrected chi connectivity index (χ3v) is 1.43. The molecule has 0 aliphatic rings. The first kappa shape index (κ1) is 5.39. The van der Waals surface area contributed by atoms with Gasteiger partial charge in [-0.15, -0.1) is 0 Å². The lowest BCUT2D eigenvalue weighted by Gasteiger charge is -1.83. The molecule has 1 aromatic rings. The van der Waals surface area contributed by atoms with Gasteiger partial charge in [-0.05, 0) is 12.1 Å². The molecule has 1 heterocycles. The van der Waals surface area contributed by atoms with Crippen molar-refractivity contribution in [3.63, 3.8) is 0 Å². The van der Waals surface area contributed by atoms with E-state index in [9.17, 15) is 0 Å². The second kappa shape index (κ2) is 2.01. The van der Waals surface area contributed by atoms with Crippen LogP contribution in [0.15, 0.2) is 18.3 Å². The summed E-state index contributed by atoms with van der Waals surface area (Å²) in [6.45, 7) is 0. The number of hydrogen-bond donors (Lipinski definition) is 0. The highest BCUT2D eigenvalue weighted by molar-refractivity contribution is 9.08. The quantitative estimate of drug-likeness (QED) is 0.581.